The van der Waals surface area contributed by atoms with Crippen molar-refractivity contribution in [1.29, 1.82) is 0 Å². The number of sulfone groups is 1. The molecule has 0 heterocycles. The Morgan fingerprint density at radius 3 is 2.25 bits per heavy atom. The molecule has 0 spiro atoms. The maximum Gasteiger partial charge on any atom is 0.241 e. The summed E-state index contributed by atoms with van der Waals surface area (Å²) in [7, 11) is -3.21. The summed E-state index contributed by atoms with van der Waals surface area (Å²) in [5, 5.41) is 2.69. The van der Waals surface area contributed by atoms with Crippen LogP contribution >= 0.6 is 0 Å². The first-order valence-electron chi connectivity index (χ1n) is 6.71. The Balaban J connectivity index is 2.78. The van der Waals surface area contributed by atoms with Crippen LogP contribution in [-0.4, -0.2) is 26.1 Å². The van der Waals surface area contributed by atoms with Crippen molar-refractivity contribution in [2.24, 2.45) is 11.7 Å². The summed E-state index contributed by atoms with van der Waals surface area (Å²) in [5.74, 6) is -0.113. The van der Waals surface area contributed by atoms with Gasteiger partial charge < -0.3 is 11.1 Å². The molecule has 0 aromatic heterocycles. The predicted octanol–water partition coefficient (Wildman–Crippen LogP) is 1.79. The molecular weight excluding hydrogens is 276 g/mol. The Kier molecular flexibility index (Phi) is 5.71. The van der Waals surface area contributed by atoms with Crippen LogP contribution in [0.1, 0.15) is 27.2 Å². The molecule has 0 saturated carbocycles. The highest BCUT2D eigenvalue weighted by Crippen LogP contribution is 2.16. The molecular formula is C14H22N2O3S. The SMILES string of the molecule is CC[C@H](C)[C@H](N)C(=O)Nc1ccc(S(=O)(=O)CC)cc1. The largest absolute Gasteiger partial charge is 0.325 e. The highest BCUT2D eigenvalue weighted by atomic mass is 32.2. The maximum atomic E-state index is 11.9. The Morgan fingerprint density at radius 1 is 1.25 bits per heavy atom. The summed E-state index contributed by atoms with van der Waals surface area (Å²) >= 11 is 0. The first-order valence-corrected chi connectivity index (χ1v) is 8.36. The molecule has 0 aliphatic rings. The van der Waals surface area contributed by atoms with Crippen LogP contribution in [0, 0.1) is 5.92 Å². The van der Waals surface area contributed by atoms with Gasteiger partial charge in [-0.2, -0.15) is 0 Å². The molecule has 1 rings (SSSR count). The number of anilines is 1. The fourth-order valence-corrected chi connectivity index (χ4v) is 2.53. The lowest BCUT2D eigenvalue weighted by Gasteiger charge is -2.17. The van der Waals surface area contributed by atoms with E-state index in [2.05, 4.69) is 5.32 Å². The third-order valence-corrected chi connectivity index (χ3v) is 5.17. The van der Waals surface area contributed by atoms with E-state index in [1.54, 1.807) is 19.1 Å². The van der Waals surface area contributed by atoms with Crippen LogP contribution in [0.3, 0.4) is 0 Å². The second-order valence-electron chi connectivity index (χ2n) is 4.83. The van der Waals surface area contributed by atoms with Gasteiger partial charge in [0.15, 0.2) is 9.84 Å². The second kappa shape index (κ2) is 6.85. The molecule has 3 N–H and O–H groups in total. The number of carbonyl (C=O) groups is 1. The van der Waals surface area contributed by atoms with E-state index in [4.69, 9.17) is 5.73 Å². The van der Waals surface area contributed by atoms with Gasteiger partial charge in [0.25, 0.3) is 0 Å². The number of carbonyl (C=O) groups excluding carboxylic acids is 1. The zero-order valence-electron chi connectivity index (χ0n) is 12.1. The molecule has 0 aliphatic heterocycles. The number of rotatable bonds is 6. The fourth-order valence-electron chi connectivity index (χ4n) is 1.65. The first kappa shape index (κ1) is 16.7. The van der Waals surface area contributed by atoms with Gasteiger partial charge in [-0.1, -0.05) is 27.2 Å². The van der Waals surface area contributed by atoms with E-state index in [-0.39, 0.29) is 22.5 Å². The van der Waals surface area contributed by atoms with Crippen molar-refractivity contribution in [3.05, 3.63) is 24.3 Å². The molecule has 112 valence electrons. The van der Waals surface area contributed by atoms with Crippen LogP contribution in [0.5, 0.6) is 0 Å². The van der Waals surface area contributed by atoms with Gasteiger partial charge in [0.1, 0.15) is 0 Å². The summed E-state index contributed by atoms with van der Waals surface area (Å²) in [6.07, 6.45) is 0.822. The van der Waals surface area contributed by atoms with Crippen LogP contribution in [-0.2, 0) is 14.6 Å². The average molecular weight is 298 g/mol. The molecule has 0 aliphatic carbocycles. The fraction of sp³-hybridized carbons (Fsp3) is 0.500. The summed E-state index contributed by atoms with van der Waals surface area (Å²) in [5.41, 5.74) is 6.38. The third-order valence-electron chi connectivity index (χ3n) is 3.42. The summed E-state index contributed by atoms with van der Waals surface area (Å²) < 4.78 is 23.3. The van der Waals surface area contributed by atoms with Gasteiger partial charge in [-0.15, -0.1) is 0 Å². The first-order chi connectivity index (χ1) is 9.31. The zero-order valence-corrected chi connectivity index (χ0v) is 12.9. The van der Waals surface area contributed by atoms with Crippen LogP contribution in [0.2, 0.25) is 0 Å². The number of nitrogens with one attached hydrogen (secondary N) is 1. The molecule has 0 fully saturated rings. The molecule has 1 amide bonds. The van der Waals surface area contributed by atoms with Gasteiger partial charge >= 0.3 is 0 Å². The molecule has 1 aromatic carbocycles. The van der Waals surface area contributed by atoms with Crippen molar-refractivity contribution in [2.75, 3.05) is 11.1 Å². The lowest BCUT2D eigenvalue weighted by Crippen LogP contribution is -2.40. The predicted molar refractivity (Wildman–Crippen MR) is 80.2 cm³/mol. The number of nitrogens with two attached hydrogens (primary N) is 1. The highest BCUT2D eigenvalue weighted by molar-refractivity contribution is 7.91. The quantitative estimate of drug-likeness (QED) is 0.838. The third kappa shape index (κ3) is 4.05. The van der Waals surface area contributed by atoms with Gasteiger partial charge in [-0.05, 0) is 30.2 Å². The highest BCUT2D eigenvalue weighted by Gasteiger charge is 2.19. The van der Waals surface area contributed by atoms with E-state index >= 15 is 0 Å². The lowest BCUT2D eigenvalue weighted by molar-refractivity contribution is -0.118. The molecule has 0 unspecified atom stereocenters. The van der Waals surface area contributed by atoms with Gasteiger partial charge in [0, 0.05) is 5.69 Å². The van der Waals surface area contributed by atoms with Crippen molar-refractivity contribution >= 4 is 21.4 Å². The van der Waals surface area contributed by atoms with E-state index in [9.17, 15) is 13.2 Å². The van der Waals surface area contributed by atoms with Crippen molar-refractivity contribution in [3.8, 4) is 0 Å². The second-order valence-corrected chi connectivity index (χ2v) is 7.11. The van der Waals surface area contributed by atoms with Crippen LogP contribution in [0.25, 0.3) is 0 Å². The van der Waals surface area contributed by atoms with E-state index in [1.807, 2.05) is 13.8 Å². The maximum absolute atomic E-state index is 11.9. The normalized spacial score (nSPS) is 14.6. The minimum Gasteiger partial charge on any atom is -0.325 e. The Bertz CT molecular complexity index is 552. The molecule has 2 atom stereocenters. The lowest BCUT2D eigenvalue weighted by atomic mass is 9.99. The average Bonchev–Trinajstić information content (AvgIpc) is 2.46. The Labute approximate surface area is 120 Å². The molecule has 20 heavy (non-hydrogen) atoms. The van der Waals surface area contributed by atoms with Gasteiger partial charge in [0.2, 0.25) is 5.91 Å². The van der Waals surface area contributed by atoms with Crippen molar-refractivity contribution in [1.82, 2.24) is 0 Å². The van der Waals surface area contributed by atoms with Gasteiger partial charge in [-0.25, -0.2) is 8.42 Å². The molecule has 0 bridgehead atoms. The number of amides is 1. The molecule has 6 heteroatoms. The molecule has 5 nitrogen and oxygen atoms in total. The van der Waals surface area contributed by atoms with Crippen LogP contribution < -0.4 is 11.1 Å². The van der Waals surface area contributed by atoms with Crippen molar-refractivity contribution in [2.45, 2.75) is 38.1 Å². The standard InChI is InChI=1S/C14H22N2O3S/c1-4-10(3)13(15)14(17)16-11-6-8-12(9-7-11)20(18,19)5-2/h6-10,13H,4-5,15H2,1-3H3,(H,16,17)/t10-,13-/m0/s1. The van der Waals surface area contributed by atoms with Crippen LogP contribution in [0.15, 0.2) is 29.2 Å². The monoisotopic (exact) mass is 298 g/mol. The molecule has 1 aromatic rings. The Morgan fingerprint density at radius 2 is 1.80 bits per heavy atom. The van der Waals surface area contributed by atoms with Gasteiger partial charge in [-0.3, -0.25) is 4.79 Å². The van der Waals surface area contributed by atoms with Gasteiger partial charge in [0.05, 0.1) is 16.7 Å². The number of benzene rings is 1. The van der Waals surface area contributed by atoms with E-state index in [0.29, 0.717) is 5.69 Å². The van der Waals surface area contributed by atoms with E-state index < -0.39 is 15.9 Å². The molecule has 0 saturated heterocycles. The summed E-state index contributed by atoms with van der Waals surface area (Å²) in [4.78, 5) is 12.2. The van der Waals surface area contributed by atoms with Crippen molar-refractivity contribution < 1.29 is 13.2 Å². The van der Waals surface area contributed by atoms with Crippen molar-refractivity contribution in [3.63, 3.8) is 0 Å². The topological polar surface area (TPSA) is 89.3 Å². The van der Waals surface area contributed by atoms with Crippen LogP contribution in [0.4, 0.5) is 5.69 Å². The minimum absolute atomic E-state index is 0.0532. The Hall–Kier alpha value is -1.40. The summed E-state index contributed by atoms with van der Waals surface area (Å²) in [6.45, 7) is 5.49. The molecule has 0 radical (unpaired) electrons. The van der Waals surface area contributed by atoms with E-state index in [1.165, 1.54) is 12.1 Å². The number of hydrogen-bond donors (Lipinski definition) is 2. The summed E-state index contributed by atoms with van der Waals surface area (Å²) in [6, 6.07) is 5.55. The zero-order chi connectivity index (χ0) is 15.3. The van der Waals surface area contributed by atoms with E-state index in [0.717, 1.165) is 6.42 Å². The smallest absolute Gasteiger partial charge is 0.241 e. The number of hydrogen-bond acceptors (Lipinski definition) is 4. The minimum atomic E-state index is -3.21.